The van der Waals surface area contributed by atoms with Crippen molar-refractivity contribution in [2.75, 3.05) is 0 Å². The minimum absolute atomic E-state index is 0.289. The molecule has 0 radical (unpaired) electrons. The van der Waals surface area contributed by atoms with Crippen LogP contribution in [0.15, 0.2) is 48.8 Å². The van der Waals surface area contributed by atoms with Crippen LogP contribution < -0.4 is 4.74 Å². The van der Waals surface area contributed by atoms with Gasteiger partial charge in [0.15, 0.2) is 0 Å². The van der Waals surface area contributed by atoms with Crippen molar-refractivity contribution in [3.63, 3.8) is 0 Å². The van der Waals surface area contributed by atoms with E-state index in [0.29, 0.717) is 15.8 Å². The van der Waals surface area contributed by atoms with Crippen molar-refractivity contribution in [2.24, 2.45) is 0 Å². The second-order valence-electron chi connectivity index (χ2n) is 4.24. The Kier molecular flexibility index (Phi) is 4.03. The number of tetrazole rings is 1. The summed E-state index contributed by atoms with van der Waals surface area (Å²) in [6.07, 6.45) is 1.52. The van der Waals surface area contributed by atoms with Crippen molar-refractivity contribution in [1.29, 1.82) is 0 Å². The summed E-state index contributed by atoms with van der Waals surface area (Å²) < 4.78 is 7.29. The maximum Gasteiger partial charge on any atom is 0.143 e. The van der Waals surface area contributed by atoms with Crippen LogP contribution in [-0.4, -0.2) is 20.2 Å². The van der Waals surface area contributed by atoms with E-state index in [1.165, 1.54) is 6.33 Å². The number of benzene rings is 2. The Balaban J connectivity index is 1.78. The fourth-order valence-corrected chi connectivity index (χ4v) is 2.33. The molecule has 0 saturated carbocycles. The van der Waals surface area contributed by atoms with Gasteiger partial charge in [0.25, 0.3) is 0 Å². The molecule has 1 heterocycles. The summed E-state index contributed by atoms with van der Waals surface area (Å²) in [7, 11) is 0. The van der Waals surface area contributed by atoms with Crippen molar-refractivity contribution in [1.82, 2.24) is 20.2 Å². The van der Waals surface area contributed by atoms with Crippen molar-refractivity contribution >= 4 is 23.2 Å². The molecule has 5 nitrogen and oxygen atoms in total. The molecule has 0 fully saturated rings. The number of rotatable bonds is 4. The molecule has 1 aromatic heterocycles. The highest BCUT2D eigenvalue weighted by Crippen LogP contribution is 2.26. The average molecular weight is 321 g/mol. The van der Waals surface area contributed by atoms with Gasteiger partial charge in [0.2, 0.25) is 0 Å². The normalized spacial score (nSPS) is 10.6. The predicted octanol–water partition coefficient (Wildman–Crippen LogP) is 3.55. The smallest absolute Gasteiger partial charge is 0.143 e. The minimum Gasteiger partial charge on any atom is -0.489 e. The highest BCUT2D eigenvalue weighted by Gasteiger charge is 2.07. The zero-order valence-electron chi connectivity index (χ0n) is 10.8. The average Bonchev–Trinajstić information content (AvgIpc) is 3.01. The lowest BCUT2D eigenvalue weighted by molar-refractivity contribution is 0.306. The van der Waals surface area contributed by atoms with Crippen LogP contribution in [-0.2, 0) is 6.61 Å². The fraction of sp³-hybridized carbons (Fsp3) is 0.0714. The summed E-state index contributed by atoms with van der Waals surface area (Å²) >= 11 is 12.2. The molecule has 7 heteroatoms. The number of aromatic nitrogens is 4. The summed E-state index contributed by atoms with van der Waals surface area (Å²) in [6.45, 7) is 0.289. The molecule has 0 aliphatic heterocycles. The van der Waals surface area contributed by atoms with E-state index in [0.717, 1.165) is 11.3 Å². The fourth-order valence-electron chi connectivity index (χ4n) is 1.82. The molecule has 0 atom stereocenters. The van der Waals surface area contributed by atoms with Crippen LogP contribution in [0.2, 0.25) is 10.0 Å². The Bertz CT molecular complexity index is 726. The molecule has 106 valence electrons. The topological polar surface area (TPSA) is 52.8 Å². The number of nitrogens with zero attached hydrogens (tertiary/aromatic N) is 4. The molecule has 0 unspecified atom stereocenters. The van der Waals surface area contributed by atoms with E-state index < -0.39 is 0 Å². The van der Waals surface area contributed by atoms with E-state index in [9.17, 15) is 0 Å². The lowest BCUT2D eigenvalue weighted by Crippen LogP contribution is -1.99. The molecule has 3 aromatic rings. The van der Waals surface area contributed by atoms with Gasteiger partial charge in [-0.25, -0.2) is 4.68 Å². The van der Waals surface area contributed by atoms with Crippen LogP contribution in [0.5, 0.6) is 5.75 Å². The Morgan fingerprint density at radius 1 is 1.05 bits per heavy atom. The van der Waals surface area contributed by atoms with Gasteiger partial charge < -0.3 is 4.74 Å². The van der Waals surface area contributed by atoms with Gasteiger partial charge in [0.05, 0.1) is 5.69 Å². The standard InChI is InChI=1S/C14H10Cl2N4O/c15-13-5-2-6-14(16)12(13)8-21-11-4-1-3-10(7-11)20-9-17-18-19-20/h1-7,9H,8H2. The van der Waals surface area contributed by atoms with Crippen molar-refractivity contribution in [3.05, 3.63) is 64.4 Å². The highest BCUT2D eigenvalue weighted by molar-refractivity contribution is 6.35. The monoisotopic (exact) mass is 320 g/mol. The summed E-state index contributed by atoms with van der Waals surface area (Å²) in [5.41, 5.74) is 1.57. The molecule has 0 spiro atoms. The van der Waals surface area contributed by atoms with Crippen LogP contribution in [0, 0.1) is 0 Å². The van der Waals surface area contributed by atoms with Crippen molar-refractivity contribution in [2.45, 2.75) is 6.61 Å². The summed E-state index contributed by atoms with van der Waals surface area (Å²) in [5.74, 6) is 0.680. The van der Waals surface area contributed by atoms with E-state index >= 15 is 0 Å². The molecular formula is C14H10Cl2N4O. The van der Waals surface area contributed by atoms with Crippen LogP contribution >= 0.6 is 23.2 Å². The first-order valence-corrected chi connectivity index (χ1v) is 6.89. The maximum absolute atomic E-state index is 6.11. The van der Waals surface area contributed by atoms with Crippen molar-refractivity contribution in [3.8, 4) is 11.4 Å². The SMILES string of the molecule is Clc1cccc(Cl)c1COc1cccc(-n2cnnn2)c1. The molecule has 0 bridgehead atoms. The first-order valence-electron chi connectivity index (χ1n) is 6.13. The Hall–Kier alpha value is -2.11. The maximum atomic E-state index is 6.11. The zero-order valence-corrected chi connectivity index (χ0v) is 12.3. The third-order valence-corrected chi connectivity index (χ3v) is 3.58. The molecule has 0 aliphatic carbocycles. The first kappa shape index (κ1) is 13.9. The number of hydrogen-bond donors (Lipinski definition) is 0. The second kappa shape index (κ2) is 6.11. The quantitative estimate of drug-likeness (QED) is 0.737. The van der Waals surface area contributed by atoms with Crippen LogP contribution in [0.3, 0.4) is 0 Å². The largest absolute Gasteiger partial charge is 0.489 e. The van der Waals surface area contributed by atoms with Gasteiger partial charge in [-0.15, -0.1) is 5.10 Å². The van der Waals surface area contributed by atoms with Crippen LogP contribution in [0.25, 0.3) is 5.69 Å². The molecule has 21 heavy (non-hydrogen) atoms. The molecule has 2 aromatic carbocycles. The Morgan fingerprint density at radius 3 is 2.52 bits per heavy atom. The number of halogens is 2. The van der Waals surface area contributed by atoms with Gasteiger partial charge in [-0.05, 0) is 34.7 Å². The van der Waals surface area contributed by atoms with Gasteiger partial charge in [-0.2, -0.15) is 0 Å². The minimum atomic E-state index is 0.289. The van der Waals surface area contributed by atoms with E-state index in [-0.39, 0.29) is 6.61 Å². The third kappa shape index (κ3) is 3.15. The van der Waals surface area contributed by atoms with Crippen molar-refractivity contribution < 1.29 is 4.74 Å². The van der Waals surface area contributed by atoms with Crippen LogP contribution in [0.1, 0.15) is 5.56 Å². The zero-order chi connectivity index (χ0) is 14.7. The highest BCUT2D eigenvalue weighted by atomic mass is 35.5. The van der Waals surface area contributed by atoms with Gasteiger partial charge in [-0.3, -0.25) is 0 Å². The van der Waals surface area contributed by atoms with E-state index in [4.69, 9.17) is 27.9 Å². The molecule has 0 N–H and O–H groups in total. The van der Waals surface area contributed by atoms with Gasteiger partial charge in [0.1, 0.15) is 18.7 Å². The molecule has 0 aliphatic rings. The van der Waals surface area contributed by atoms with Gasteiger partial charge in [0, 0.05) is 21.7 Å². The van der Waals surface area contributed by atoms with Gasteiger partial charge >= 0.3 is 0 Å². The predicted molar refractivity (Wildman–Crippen MR) is 79.9 cm³/mol. The molecular weight excluding hydrogens is 311 g/mol. The molecule has 0 amide bonds. The first-order chi connectivity index (χ1) is 10.2. The summed E-state index contributed by atoms with van der Waals surface area (Å²) in [6, 6.07) is 12.8. The summed E-state index contributed by atoms with van der Waals surface area (Å²) in [5, 5.41) is 12.2. The van der Waals surface area contributed by atoms with E-state index in [1.54, 1.807) is 22.9 Å². The Labute approximate surface area is 131 Å². The summed E-state index contributed by atoms with van der Waals surface area (Å²) in [4.78, 5) is 0. The molecule has 3 rings (SSSR count). The van der Waals surface area contributed by atoms with E-state index in [1.807, 2.05) is 24.3 Å². The lowest BCUT2D eigenvalue weighted by Gasteiger charge is -2.10. The van der Waals surface area contributed by atoms with E-state index in [2.05, 4.69) is 15.5 Å². The van der Waals surface area contributed by atoms with Crippen LogP contribution in [0.4, 0.5) is 0 Å². The number of ether oxygens (including phenoxy) is 1. The second-order valence-corrected chi connectivity index (χ2v) is 5.06. The molecule has 0 saturated heterocycles. The van der Waals surface area contributed by atoms with Gasteiger partial charge in [-0.1, -0.05) is 35.3 Å². The number of hydrogen-bond acceptors (Lipinski definition) is 4. The third-order valence-electron chi connectivity index (χ3n) is 2.88. The Morgan fingerprint density at radius 2 is 1.81 bits per heavy atom. The lowest BCUT2D eigenvalue weighted by atomic mass is 10.2.